The van der Waals surface area contributed by atoms with Crippen LogP contribution < -0.4 is 5.73 Å². The van der Waals surface area contributed by atoms with E-state index in [1.54, 1.807) is 11.3 Å². The van der Waals surface area contributed by atoms with Gasteiger partial charge in [-0.2, -0.15) is 0 Å². The van der Waals surface area contributed by atoms with E-state index in [1.165, 1.54) is 0 Å². The van der Waals surface area contributed by atoms with Crippen LogP contribution >= 0.6 is 11.3 Å². The van der Waals surface area contributed by atoms with Crippen molar-refractivity contribution in [1.82, 2.24) is 4.90 Å². The van der Waals surface area contributed by atoms with Gasteiger partial charge in [-0.1, -0.05) is 25.1 Å². The minimum atomic E-state index is 0.160. The van der Waals surface area contributed by atoms with Crippen LogP contribution in [0.5, 0.6) is 0 Å². The van der Waals surface area contributed by atoms with E-state index in [4.69, 9.17) is 5.73 Å². The van der Waals surface area contributed by atoms with Crippen molar-refractivity contribution in [1.29, 1.82) is 0 Å². The van der Waals surface area contributed by atoms with Gasteiger partial charge in [0, 0.05) is 18.3 Å². The lowest BCUT2D eigenvalue weighted by atomic mass is 10.1. The number of hydrogen-bond donors (Lipinski definition) is 1. The second kappa shape index (κ2) is 5.90. The fourth-order valence-electron chi connectivity index (χ4n) is 2.55. The molecular weight excluding hydrogens is 280 g/mol. The quantitative estimate of drug-likeness (QED) is 0.856. The SMILES string of the molecule is CCc1ccsc1C(=O)N(Cc1ccccc1N)C1CC1. The van der Waals surface area contributed by atoms with Crippen molar-refractivity contribution in [2.24, 2.45) is 0 Å². The molecule has 1 saturated carbocycles. The van der Waals surface area contributed by atoms with Gasteiger partial charge in [0.05, 0.1) is 4.88 Å². The number of nitrogens with two attached hydrogens (primary N) is 1. The highest BCUT2D eigenvalue weighted by atomic mass is 32.1. The van der Waals surface area contributed by atoms with Crippen molar-refractivity contribution in [3.8, 4) is 0 Å². The number of carbonyl (C=O) groups excluding carboxylic acids is 1. The summed E-state index contributed by atoms with van der Waals surface area (Å²) in [6, 6.07) is 10.2. The number of nitrogen functional groups attached to an aromatic ring is 1. The van der Waals surface area contributed by atoms with Crippen LogP contribution in [0.25, 0.3) is 0 Å². The van der Waals surface area contributed by atoms with Crippen LogP contribution in [-0.4, -0.2) is 16.8 Å². The molecule has 1 heterocycles. The fourth-order valence-corrected chi connectivity index (χ4v) is 3.50. The zero-order valence-corrected chi connectivity index (χ0v) is 13.0. The van der Waals surface area contributed by atoms with E-state index in [0.717, 1.165) is 41.0 Å². The van der Waals surface area contributed by atoms with Gasteiger partial charge in [-0.25, -0.2) is 0 Å². The van der Waals surface area contributed by atoms with Gasteiger partial charge in [0.25, 0.3) is 5.91 Å². The first kappa shape index (κ1) is 14.1. The van der Waals surface area contributed by atoms with Crippen LogP contribution in [0.3, 0.4) is 0 Å². The first-order valence-electron chi connectivity index (χ1n) is 7.41. The van der Waals surface area contributed by atoms with Crippen molar-refractivity contribution in [3.63, 3.8) is 0 Å². The Hall–Kier alpha value is -1.81. The van der Waals surface area contributed by atoms with Crippen LogP contribution in [0.15, 0.2) is 35.7 Å². The third-order valence-corrected chi connectivity index (χ3v) is 4.91. The van der Waals surface area contributed by atoms with Crippen LogP contribution in [0, 0.1) is 0 Å². The Kier molecular flexibility index (Phi) is 3.97. The molecule has 110 valence electrons. The van der Waals surface area contributed by atoms with Crippen LogP contribution in [-0.2, 0) is 13.0 Å². The molecular formula is C17H20N2OS. The van der Waals surface area contributed by atoms with Crippen LogP contribution in [0.4, 0.5) is 5.69 Å². The Bertz CT molecular complexity index is 646. The van der Waals surface area contributed by atoms with Gasteiger partial charge in [0.15, 0.2) is 0 Å². The minimum Gasteiger partial charge on any atom is -0.398 e. The van der Waals surface area contributed by atoms with Crippen molar-refractivity contribution in [3.05, 3.63) is 51.7 Å². The molecule has 2 aromatic rings. The standard InChI is InChI=1S/C17H20N2OS/c1-2-12-9-10-21-16(12)17(20)19(14-7-8-14)11-13-5-3-4-6-15(13)18/h3-6,9-10,14H,2,7-8,11,18H2,1H3. The average Bonchev–Trinajstić information content (AvgIpc) is 3.22. The molecule has 4 heteroatoms. The number of aryl methyl sites for hydroxylation is 1. The third-order valence-electron chi connectivity index (χ3n) is 3.97. The largest absolute Gasteiger partial charge is 0.398 e. The molecule has 0 spiro atoms. The molecule has 1 aromatic heterocycles. The highest BCUT2D eigenvalue weighted by molar-refractivity contribution is 7.12. The molecule has 0 saturated heterocycles. The first-order valence-corrected chi connectivity index (χ1v) is 8.29. The Balaban J connectivity index is 1.85. The molecule has 0 aliphatic heterocycles. The lowest BCUT2D eigenvalue weighted by Crippen LogP contribution is -2.32. The van der Waals surface area contributed by atoms with Gasteiger partial charge in [-0.3, -0.25) is 4.79 Å². The molecule has 1 amide bonds. The first-order chi connectivity index (χ1) is 10.2. The van der Waals surface area contributed by atoms with E-state index >= 15 is 0 Å². The summed E-state index contributed by atoms with van der Waals surface area (Å²) in [6.07, 6.45) is 3.10. The molecule has 0 bridgehead atoms. The average molecular weight is 300 g/mol. The van der Waals surface area contributed by atoms with E-state index in [9.17, 15) is 4.79 Å². The van der Waals surface area contributed by atoms with Crippen LogP contribution in [0.2, 0.25) is 0 Å². The normalized spacial score (nSPS) is 14.1. The van der Waals surface area contributed by atoms with E-state index in [-0.39, 0.29) is 5.91 Å². The molecule has 1 aliphatic rings. The lowest BCUT2D eigenvalue weighted by Gasteiger charge is -2.23. The summed E-state index contributed by atoms with van der Waals surface area (Å²) in [5, 5.41) is 2.01. The second-order valence-corrected chi connectivity index (χ2v) is 6.41. The van der Waals surface area contributed by atoms with Gasteiger partial charge in [0.2, 0.25) is 0 Å². The van der Waals surface area contributed by atoms with Gasteiger partial charge in [0.1, 0.15) is 0 Å². The van der Waals surface area contributed by atoms with Gasteiger partial charge < -0.3 is 10.6 Å². The number of benzene rings is 1. The minimum absolute atomic E-state index is 0.160. The summed E-state index contributed by atoms with van der Waals surface area (Å²) in [5.41, 5.74) is 8.98. The summed E-state index contributed by atoms with van der Waals surface area (Å²) in [6.45, 7) is 2.70. The van der Waals surface area contributed by atoms with E-state index < -0.39 is 0 Å². The smallest absolute Gasteiger partial charge is 0.264 e. The molecule has 0 radical (unpaired) electrons. The number of nitrogens with zero attached hydrogens (tertiary/aromatic N) is 1. The zero-order valence-electron chi connectivity index (χ0n) is 12.2. The number of anilines is 1. The topological polar surface area (TPSA) is 46.3 Å². The summed E-state index contributed by atoms with van der Waals surface area (Å²) >= 11 is 1.55. The second-order valence-electron chi connectivity index (χ2n) is 5.49. The molecule has 3 rings (SSSR count). The highest BCUT2D eigenvalue weighted by Crippen LogP contribution is 2.32. The number of carbonyl (C=O) groups is 1. The number of hydrogen-bond acceptors (Lipinski definition) is 3. The molecule has 2 N–H and O–H groups in total. The van der Waals surface area contributed by atoms with E-state index in [2.05, 4.69) is 13.0 Å². The van der Waals surface area contributed by atoms with Gasteiger partial charge >= 0.3 is 0 Å². The van der Waals surface area contributed by atoms with Crippen molar-refractivity contribution in [2.45, 2.75) is 38.8 Å². The van der Waals surface area contributed by atoms with Crippen molar-refractivity contribution in [2.75, 3.05) is 5.73 Å². The number of para-hydroxylation sites is 1. The molecule has 1 aliphatic carbocycles. The predicted octanol–water partition coefficient (Wildman–Crippen LogP) is 3.70. The third kappa shape index (κ3) is 2.95. The lowest BCUT2D eigenvalue weighted by molar-refractivity contribution is 0.0734. The van der Waals surface area contributed by atoms with Crippen LogP contribution in [0.1, 0.15) is 40.6 Å². The van der Waals surface area contributed by atoms with Crippen molar-refractivity contribution < 1.29 is 4.79 Å². The molecule has 3 nitrogen and oxygen atoms in total. The van der Waals surface area contributed by atoms with Crippen molar-refractivity contribution >= 4 is 22.9 Å². The Labute approximate surface area is 129 Å². The predicted molar refractivity (Wildman–Crippen MR) is 87.4 cm³/mol. The molecule has 21 heavy (non-hydrogen) atoms. The highest BCUT2D eigenvalue weighted by Gasteiger charge is 2.34. The monoisotopic (exact) mass is 300 g/mol. The maximum Gasteiger partial charge on any atom is 0.264 e. The Morgan fingerprint density at radius 2 is 2.05 bits per heavy atom. The Morgan fingerprint density at radius 1 is 1.29 bits per heavy atom. The Morgan fingerprint density at radius 3 is 2.71 bits per heavy atom. The zero-order chi connectivity index (χ0) is 14.8. The molecule has 0 atom stereocenters. The maximum atomic E-state index is 12.9. The summed E-state index contributed by atoms with van der Waals surface area (Å²) in [5.74, 6) is 0.160. The van der Waals surface area contributed by atoms with E-state index in [0.29, 0.717) is 12.6 Å². The van der Waals surface area contributed by atoms with E-state index in [1.807, 2.05) is 34.5 Å². The fraction of sp³-hybridized carbons (Fsp3) is 0.353. The molecule has 0 unspecified atom stereocenters. The summed E-state index contributed by atoms with van der Waals surface area (Å²) < 4.78 is 0. The summed E-state index contributed by atoms with van der Waals surface area (Å²) in [7, 11) is 0. The molecule has 1 fully saturated rings. The number of rotatable bonds is 5. The maximum absolute atomic E-state index is 12.9. The van der Waals surface area contributed by atoms with Gasteiger partial charge in [-0.15, -0.1) is 11.3 Å². The number of amides is 1. The van der Waals surface area contributed by atoms with Gasteiger partial charge in [-0.05, 0) is 47.9 Å². The molecule has 1 aromatic carbocycles. The number of thiophene rings is 1. The summed E-state index contributed by atoms with van der Waals surface area (Å²) in [4.78, 5) is 15.8.